The fourth-order valence-electron chi connectivity index (χ4n) is 2.75. The van der Waals surface area contributed by atoms with E-state index in [2.05, 4.69) is 33.5 Å². The molecule has 26 heavy (non-hydrogen) atoms. The highest BCUT2D eigenvalue weighted by molar-refractivity contribution is 5.76. The maximum absolute atomic E-state index is 12.0. The van der Waals surface area contributed by atoms with Gasteiger partial charge in [-0.1, -0.05) is 23.4 Å². The molecular formula is C19H24N4O3. The zero-order valence-electron chi connectivity index (χ0n) is 15.2. The number of benzene rings is 1. The lowest BCUT2D eigenvalue weighted by Gasteiger charge is -2.19. The van der Waals surface area contributed by atoms with Crippen molar-refractivity contribution < 1.29 is 14.1 Å². The van der Waals surface area contributed by atoms with Gasteiger partial charge in [0.25, 0.3) is 0 Å². The molecule has 1 aliphatic heterocycles. The number of aromatic nitrogens is 2. The van der Waals surface area contributed by atoms with Crippen LogP contribution in [0.2, 0.25) is 0 Å². The molecule has 0 spiro atoms. The first-order valence-corrected chi connectivity index (χ1v) is 8.74. The maximum atomic E-state index is 12.0. The second-order valence-corrected chi connectivity index (χ2v) is 6.38. The van der Waals surface area contributed by atoms with E-state index >= 15 is 0 Å². The van der Waals surface area contributed by atoms with Gasteiger partial charge in [-0.25, -0.2) is 0 Å². The Morgan fingerprint density at radius 3 is 3.08 bits per heavy atom. The maximum Gasteiger partial charge on any atom is 0.227 e. The number of nitrogens with one attached hydrogen (secondary N) is 1. The molecule has 0 atom stereocenters. The Bertz CT molecular complexity index is 785. The second kappa shape index (κ2) is 8.62. The molecule has 1 amide bonds. The SMILES string of the molecule is COc1cccc(CNC(=O)CCc2nc(C3=CCN(C)CC3)no2)c1. The van der Waals surface area contributed by atoms with Crippen molar-refractivity contribution in [1.29, 1.82) is 0 Å². The minimum Gasteiger partial charge on any atom is -0.497 e. The summed E-state index contributed by atoms with van der Waals surface area (Å²) in [5.74, 6) is 1.87. The van der Waals surface area contributed by atoms with Crippen molar-refractivity contribution in [2.45, 2.75) is 25.8 Å². The van der Waals surface area contributed by atoms with Crippen molar-refractivity contribution in [3.8, 4) is 5.75 Å². The van der Waals surface area contributed by atoms with E-state index in [9.17, 15) is 4.79 Å². The molecule has 0 radical (unpaired) electrons. The standard InChI is InChI=1S/C19H24N4O3/c1-23-10-8-15(9-11-23)19-21-18(26-22-19)7-6-17(24)20-13-14-4-3-5-16(12-14)25-2/h3-5,8,12H,6-7,9-11,13H2,1-2H3,(H,20,24). The number of methoxy groups -OCH3 is 1. The lowest BCUT2D eigenvalue weighted by atomic mass is 10.1. The number of carbonyl (C=O) groups is 1. The van der Waals surface area contributed by atoms with Crippen LogP contribution in [0.25, 0.3) is 5.57 Å². The van der Waals surface area contributed by atoms with Gasteiger partial charge in [-0.15, -0.1) is 0 Å². The van der Waals surface area contributed by atoms with Gasteiger partial charge in [0.05, 0.1) is 7.11 Å². The van der Waals surface area contributed by atoms with E-state index in [0.717, 1.165) is 36.4 Å². The zero-order chi connectivity index (χ0) is 18.4. The van der Waals surface area contributed by atoms with Gasteiger partial charge in [-0.3, -0.25) is 4.79 Å². The summed E-state index contributed by atoms with van der Waals surface area (Å²) in [4.78, 5) is 18.7. The van der Waals surface area contributed by atoms with Gasteiger partial charge in [0.1, 0.15) is 5.75 Å². The first-order chi connectivity index (χ1) is 12.6. The van der Waals surface area contributed by atoms with Crippen LogP contribution >= 0.6 is 0 Å². The van der Waals surface area contributed by atoms with Crippen LogP contribution in [-0.4, -0.2) is 48.2 Å². The normalized spacial score (nSPS) is 14.8. The molecule has 0 fully saturated rings. The van der Waals surface area contributed by atoms with Gasteiger partial charge in [-0.05, 0) is 36.7 Å². The lowest BCUT2D eigenvalue weighted by Crippen LogP contribution is -2.24. The third-order valence-corrected chi connectivity index (χ3v) is 4.36. The number of ether oxygens (including phenoxy) is 1. The van der Waals surface area contributed by atoms with Crippen LogP contribution in [0.5, 0.6) is 5.75 Å². The number of rotatable bonds is 7. The van der Waals surface area contributed by atoms with E-state index in [4.69, 9.17) is 9.26 Å². The average Bonchev–Trinajstić information content (AvgIpc) is 3.14. The largest absolute Gasteiger partial charge is 0.497 e. The molecule has 1 aliphatic rings. The summed E-state index contributed by atoms with van der Waals surface area (Å²) in [6.45, 7) is 2.35. The van der Waals surface area contributed by atoms with Crippen LogP contribution in [0.1, 0.15) is 30.1 Å². The molecule has 0 bridgehead atoms. The molecule has 0 saturated heterocycles. The predicted molar refractivity (Wildman–Crippen MR) is 97.6 cm³/mol. The molecular weight excluding hydrogens is 332 g/mol. The summed E-state index contributed by atoms with van der Waals surface area (Å²) in [7, 11) is 3.71. The second-order valence-electron chi connectivity index (χ2n) is 6.38. The number of aryl methyl sites for hydroxylation is 1. The first kappa shape index (κ1) is 18.1. The molecule has 1 N–H and O–H groups in total. The van der Waals surface area contributed by atoms with E-state index in [0.29, 0.717) is 31.1 Å². The number of hydrogen-bond acceptors (Lipinski definition) is 6. The Balaban J connectivity index is 1.46. The molecule has 138 valence electrons. The average molecular weight is 356 g/mol. The molecule has 0 aliphatic carbocycles. The molecule has 1 aromatic heterocycles. The van der Waals surface area contributed by atoms with Crippen molar-refractivity contribution in [2.75, 3.05) is 27.2 Å². The van der Waals surface area contributed by atoms with Crippen molar-refractivity contribution in [3.63, 3.8) is 0 Å². The van der Waals surface area contributed by atoms with Crippen molar-refractivity contribution >= 4 is 11.5 Å². The van der Waals surface area contributed by atoms with Crippen LogP contribution in [0.15, 0.2) is 34.9 Å². The summed E-state index contributed by atoms with van der Waals surface area (Å²) in [5, 5.41) is 6.93. The van der Waals surface area contributed by atoms with E-state index < -0.39 is 0 Å². The Labute approximate surface area is 153 Å². The van der Waals surface area contributed by atoms with Gasteiger partial charge in [0.2, 0.25) is 11.8 Å². The summed E-state index contributed by atoms with van der Waals surface area (Å²) >= 11 is 0. The van der Waals surface area contributed by atoms with E-state index in [-0.39, 0.29) is 5.91 Å². The molecule has 2 aromatic rings. The quantitative estimate of drug-likeness (QED) is 0.818. The molecule has 7 heteroatoms. The summed E-state index contributed by atoms with van der Waals surface area (Å²) in [5.41, 5.74) is 2.10. The van der Waals surface area contributed by atoms with Crippen molar-refractivity contribution in [1.82, 2.24) is 20.4 Å². The highest BCUT2D eigenvalue weighted by atomic mass is 16.5. The third-order valence-electron chi connectivity index (χ3n) is 4.36. The summed E-state index contributed by atoms with van der Waals surface area (Å²) in [6, 6.07) is 7.62. The Kier molecular flexibility index (Phi) is 6.01. The van der Waals surface area contributed by atoms with Gasteiger partial charge in [0.15, 0.2) is 5.82 Å². The van der Waals surface area contributed by atoms with Crippen LogP contribution in [0.3, 0.4) is 0 Å². The van der Waals surface area contributed by atoms with Crippen LogP contribution in [0, 0.1) is 0 Å². The van der Waals surface area contributed by atoms with E-state index in [1.165, 1.54) is 0 Å². The molecule has 3 rings (SSSR count). The minimum absolute atomic E-state index is 0.0499. The molecule has 0 unspecified atom stereocenters. The fraction of sp³-hybridized carbons (Fsp3) is 0.421. The summed E-state index contributed by atoms with van der Waals surface area (Å²) in [6.07, 6.45) is 3.78. The number of amides is 1. The highest BCUT2D eigenvalue weighted by Gasteiger charge is 2.15. The van der Waals surface area contributed by atoms with Gasteiger partial charge >= 0.3 is 0 Å². The molecule has 1 aromatic carbocycles. The Morgan fingerprint density at radius 2 is 2.31 bits per heavy atom. The first-order valence-electron chi connectivity index (χ1n) is 8.74. The Hall–Kier alpha value is -2.67. The monoisotopic (exact) mass is 356 g/mol. The minimum atomic E-state index is -0.0499. The van der Waals surface area contributed by atoms with Crippen LogP contribution in [-0.2, 0) is 17.8 Å². The molecule has 7 nitrogen and oxygen atoms in total. The summed E-state index contributed by atoms with van der Waals surface area (Å²) < 4.78 is 10.5. The molecule has 2 heterocycles. The predicted octanol–water partition coefficient (Wildman–Crippen LogP) is 2.05. The van der Waals surface area contributed by atoms with Gasteiger partial charge in [0, 0.05) is 32.5 Å². The number of nitrogens with zero attached hydrogens (tertiary/aromatic N) is 3. The highest BCUT2D eigenvalue weighted by Crippen LogP contribution is 2.19. The number of likely N-dealkylation sites (N-methyl/N-ethyl adjacent to an activating group) is 1. The van der Waals surface area contributed by atoms with E-state index in [1.807, 2.05) is 24.3 Å². The zero-order valence-corrected chi connectivity index (χ0v) is 15.2. The smallest absolute Gasteiger partial charge is 0.227 e. The number of hydrogen-bond donors (Lipinski definition) is 1. The Morgan fingerprint density at radius 1 is 1.42 bits per heavy atom. The van der Waals surface area contributed by atoms with Crippen molar-refractivity contribution in [2.24, 2.45) is 0 Å². The fourth-order valence-corrected chi connectivity index (χ4v) is 2.75. The van der Waals surface area contributed by atoms with Gasteiger partial charge in [-0.2, -0.15) is 4.98 Å². The van der Waals surface area contributed by atoms with Gasteiger partial charge < -0.3 is 19.5 Å². The lowest BCUT2D eigenvalue weighted by molar-refractivity contribution is -0.121. The topological polar surface area (TPSA) is 80.5 Å². The van der Waals surface area contributed by atoms with E-state index in [1.54, 1.807) is 7.11 Å². The van der Waals surface area contributed by atoms with Crippen molar-refractivity contribution in [3.05, 3.63) is 47.6 Å². The number of carbonyl (C=O) groups excluding carboxylic acids is 1. The van der Waals surface area contributed by atoms with Crippen LogP contribution < -0.4 is 10.1 Å². The molecule has 0 saturated carbocycles. The van der Waals surface area contributed by atoms with Crippen LogP contribution in [0.4, 0.5) is 0 Å². The third kappa shape index (κ3) is 4.92.